The molecule has 0 unspecified atom stereocenters. The van der Waals surface area contributed by atoms with E-state index in [9.17, 15) is 0 Å². The Morgan fingerprint density at radius 3 is 2.69 bits per heavy atom. The monoisotopic (exact) mass is 208 g/mol. The molecule has 0 radical (unpaired) electrons. The largest absolute Gasteiger partial charge is 0.152 e. The number of thiophene rings is 1. The lowest BCUT2D eigenvalue weighted by molar-refractivity contribution is 1.40. The Labute approximate surface area is 86.8 Å². The van der Waals surface area contributed by atoms with Crippen LogP contribution >= 0.6 is 22.9 Å². The second-order valence-electron chi connectivity index (χ2n) is 2.80. The fraction of sp³-hybridized carbons (Fsp3) is 0.0909. The van der Waals surface area contributed by atoms with Crippen LogP contribution < -0.4 is 0 Å². The molecule has 0 bridgehead atoms. The van der Waals surface area contributed by atoms with Crippen LogP contribution in [0.5, 0.6) is 0 Å². The average molecular weight is 209 g/mol. The fourth-order valence-corrected chi connectivity index (χ4v) is 2.23. The van der Waals surface area contributed by atoms with E-state index in [2.05, 4.69) is 29.0 Å². The minimum Gasteiger partial charge on any atom is -0.152 e. The molecule has 2 aromatic rings. The summed E-state index contributed by atoms with van der Waals surface area (Å²) >= 11 is 7.56. The minimum atomic E-state index is 0.575. The van der Waals surface area contributed by atoms with E-state index < -0.39 is 0 Å². The van der Waals surface area contributed by atoms with Crippen LogP contribution in [0.3, 0.4) is 0 Å². The lowest BCUT2D eigenvalue weighted by atomic mass is 10.0. The van der Waals surface area contributed by atoms with E-state index >= 15 is 0 Å². The highest BCUT2D eigenvalue weighted by atomic mass is 35.5. The third-order valence-corrected chi connectivity index (χ3v) is 2.96. The molecule has 1 aromatic heterocycles. The van der Waals surface area contributed by atoms with E-state index in [4.69, 9.17) is 11.6 Å². The predicted molar refractivity (Wildman–Crippen MR) is 59.3 cm³/mol. The third-order valence-electron chi connectivity index (χ3n) is 1.99. The van der Waals surface area contributed by atoms with Gasteiger partial charge in [0.2, 0.25) is 0 Å². The van der Waals surface area contributed by atoms with Crippen molar-refractivity contribution < 1.29 is 0 Å². The zero-order valence-electron chi connectivity index (χ0n) is 7.03. The van der Waals surface area contributed by atoms with Crippen LogP contribution in [0.25, 0.3) is 11.1 Å². The minimum absolute atomic E-state index is 0.575. The van der Waals surface area contributed by atoms with Crippen molar-refractivity contribution in [3.05, 3.63) is 46.7 Å². The lowest BCUT2D eigenvalue weighted by Crippen LogP contribution is -1.82. The number of rotatable bonds is 2. The van der Waals surface area contributed by atoms with Gasteiger partial charge in [-0.15, -0.1) is 11.6 Å². The van der Waals surface area contributed by atoms with E-state index in [1.807, 2.05) is 12.1 Å². The van der Waals surface area contributed by atoms with Crippen molar-refractivity contribution in [2.24, 2.45) is 0 Å². The van der Waals surface area contributed by atoms with Crippen molar-refractivity contribution >= 4 is 22.9 Å². The molecule has 0 atom stereocenters. The van der Waals surface area contributed by atoms with Crippen LogP contribution in [-0.4, -0.2) is 0 Å². The number of hydrogen-bond donors (Lipinski definition) is 0. The van der Waals surface area contributed by atoms with Gasteiger partial charge in [0.25, 0.3) is 0 Å². The van der Waals surface area contributed by atoms with Gasteiger partial charge in [0.1, 0.15) is 0 Å². The first-order valence-electron chi connectivity index (χ1n) is 4.08. The lowest BCUT2D eigenvalue weighted by Gasteiger charge is -2.03. The highest BCUT2D eigenvalue weighted by Crippen LogP contribution is 2.26. The zero-order valence-corrected chi connectivity index (χ0v) is 8.61. The standard InChI is InChI=1S/C11H9ClS/c12-7-9-3-1-2-4-11(9)10-5-6-13-8-10/h1-6,8H,7H2. The van der Waals surface area contributed by atoms with Crippen LogP contribution in [0.2, 0.25) is 0 Å². The molecule has 13 heavy (non-hydrogen) atoms. The van der Waals surface area contributed by atoms with Crippen molar-refractivity contribution in [2.45, 2.75) is 5.88 Å². The molecular weight excluding hydrogens is 200 g/mol. The molecule has 0 aliphatic carbocycles. The van der Waals surface area contributed by atoms with Gasteiger partial charge < -0.3 is 0 Å². The Hall–Kier alpha value is -0.790. The first-order valence-corrected chi connectivity index (χ1v) is 5.56. The van der Waals surface area contributed by atoms with Gasteiger partial charge in [-0.05, 0) is 33.5 Å². The Bertz CT molecular complexity index is 379. The second kappa shape index (κ2) is 3.95. The van der Waals surface area contributed by atoms with Gasteiger partial charge in [0.15, 0.2) is 0 Å². The van der Waals surface area contributed by atoms with Crippen LogP contribution in [0, 0.1) is 0 Å². The van der Waals surface area contributed by atoms with E-state index in [-0.39, 0.29) is 0 Å². The molecule has 0 spiro atoms. The molecule has 0 fully saturated rings. The highest BCUT2D eigenvalue weighted by molar-refractivity contribution is 7.08. The molecule has 0 nitrogen and oxygen atoms in total. The molecule has 1 heterocycles. The molecule has 0 aliphatic heterocycles. The maximum Gasteiger partial charge on any atom is 0.0480 e. The number of alkyl halides is 1. The first kappa shape index (κ1) is 8.79. The summed E-state index contributed by atoms with van der Waals surface area (Å²) in [7, 11) is 0. The maximum absolute atomic E-state index is 5.85. The Morgan fingerprint density at radius 2 is 2.00 bits per heavy atom. The molecular formula is C11H9ClS. The van der Waals surface area contributed by atoms with Crippen molar-refractivity contribution in [3.8, 4) is 11.1 Å². The topological polar surface area (TPSA) is 0 Å². The van der Waals surface area contributed by atoms with Gasteiger partial charge in [-0.25, -0.2) is 0 Å². The summed E-state index contributed by atoms with van der Waals surface area (Å²) in [6, 6.07) is 10.4. The summed E-state index contributed by atoms with van der Waals surface area (Å²) in [5, 5.41) is 4.23. The van der Waals surface area contributed by atoms with Gasteiger partial charge in [0.05, 0.1) is 0 Å². The molecule has 0 saturated carbocycles. The Morgan fingerprint density at radius 1 is 1.15 bits per heavy atom. The van der Waals surface area contributed by atoms with E-state index in [1.165, 1.54) is 16.7 Å². The summed E-state index contributed by atoms with van der Waals surface area (Å²) in [5.41, 5.74) is 3.71. The molecule has 0 amide bonds. The van der Waals surface area contributed by atoms with Crippen LogP contribution in [-0.2, 0) is 5.88 Å². The average Bonchev–Trinajstić information content (AvgIpc) is 2.70. The quantitative estimate of drug-likeness (QED) is 0.651. The first-order chi connectivity index (χ1) is 6.42. The summed E-state index contributed by atoms with van der Waals surface area (Å²) in [4.78, 5) is 0. The van der Waals surface area contributed by atoms with Gasteiger partial charge in [-0.3, -0.25) is 0 Å². The summed E-state index contributed by atoms with van der Waals surface area (Å²) < 4.78 is 0. The van der Waals surface area contributed by atoms with Crippen molar-refractivity contribution in [3.63, 3.8) is 0 Å². The molecule has 0 aliphatic rings. The van der Waals surface area contributed by atoms with Gasteiger partial charge in [0, 0.05) is 5.88 Å². The van der Waals surface area contributed by atoms with Crippen molar-refractivity contribution in [2.75, 3.05) is 0 Å². The van der Waals surface area contributed by atoms with Crippen molar-refractivity contribution in [1.82, 2.24) is 0 Å². The maximum atomic E-state index is 5.85. The fourth-order valence-electron chi connectivity index (χ4n) is 1.34. The number of halogens is 1. The van der Waals surface area contributed by atoms with Gasteiger partial charge in [-0.1, -0.05) is 24.3 Å². The van der Waals surface area contributed by atoms with E-state index in [0.717, 1.165) is 0 Å². The SMILES string of the molecule is ClCc1ccccc1-c1ccsc1. The molecule has 2 heteroatoms. The number of hydrogen-bond acceptors (Lipinski definition) is 1. The number of benzene rings is 1. The smallest absolute Gasteiger partial charge is 0.0480 e. The predicted octanol–water partition coefficient (Wildman–Crippen LogP) is 4.15. The molecule has 0 N–H and O–H groups in total. The van der Waals surface area contributed by atoms with Crippen LogP contribution in [0.4, 0.5) is 0 Å². The summed E-state index contributed by atoms with van der Waals surface area (Å²) in [5.74, 6) is 0.575. The normalized spacial score (nSPS) is 10.2. The van der Waals surface area contributed by atoms with E-state index in [1.54, 1.807) is 11.3 Å². The molecule has 66 valence electrons. The second-order valence-corrected chi connectivity index (χ2v) is 3.85. The van der Waals surface area contributed by atoms with Gasteiger partial charge >= 0.3 is 0 Å². The van der Waals surface area contributed by atoms with Crippen LogP contribution in [0.15, 0.2) is 41.1 Å². The molecule has 1 aromatic carbocycles. The Kier molecular flexibility index (Phi) is 2.67. The summed E-state index contributed by atoms with van der Waals surface area (Å²) in [6.07, 6.45) is 0. The Balaban J connectivity index is 2.51. The highest BCUT2D eigenvalue weighted by Gasteiger charge is 2.02. The summed E-state index contributed by atoms with van der Waals surface area (Å²) in [6.45, 7) is 0. The molecule has 0 saturated heterocycles. The third kappa shape index (κ3) is 1.77. The van der Waals surface area contributed by atoms with Gasteiger partial charge in [-0.2, -0.15) is 11.3 Å². The van der Waals surface area contributed by atoms with Crippen molar-refractivity contribution in [1.29, 1.82) is 0 Å². The molecule has 2 rings (SSSR count). The zero-order chi connectivity index (χ0) is 9.10. The van der Waals surface area contributed by atoms with E-state index in [0.29, 0.717) is 5.88 Å². The van der Waals surface area contributed by atoms with Crippen LogP contribution in [0.1, 0.15) is 5.56 Å².